The summed E-state index contributed by atoms with van der Waals surface area (Å²) in [5.41, 5.74) is 0.758. The van der Waals surface area contributed by atoms with E-state index < -0.39 is 0 Å². The first-order chi connectivity index (χ1) is 10.6. The van der Waals surface area contributed by atoms with Crippen LogP contribution in [-0.4, -0.2) is 15.3 Å². The summed E-state index contributed by atoms with van der Waals surface area (Å²) in [6, 6.07) is 8.47. The first kappa shape index (κ1) is 15.4. The number of aromatic hydroxyl groups is 3. The van der Waals surface area contributed by atoms with E-state index in [9.17, 15) is 20.1 Å². The van der Waals surface area contributed by atoms with Crippen molar-refractivity contribution in [2.75, 3.05) is 0 Å². The van der Waals surface area contributed by atoms with Crippen LogP contribution < -0.4 is 5.43 Å². The van der Waals surface area contributed by atoms with Crippen LogP contribution in [0.2, 0.25) is 0 Å². The number of benzene rings is 2. The Hall–Kier alpha value is -2.95. The monoisotopic (exact) mass is 300 g/mol. The number of hydrogen-bond donors (Lipinski definition) is 3. The highest BCUT2D eigenvalue weighted by Crippen LogP contribution is 2.30. The van der Waals surface area contributed by atoms with Crippen molar-refractivity contribution in [1.82, 2.24) is 0 Å². The standard InChI is InChI=1S/C15H10O5.C2H6/c16-9-3-1-8(2-4-9)11-7-20-14-6-13(18)12(17)5-10(14)15(11)19;1-2/h1-7,16-18H;1-2H3. The molecule has 0 radical (unpaired) electrons. The maximum absolute atomic E-state index is 12.4. The van der Waals surface area contributed by atoms with Crippen LogP contribution in [0.1, 0.15) is 13.8 Å². The third kappa shape index (κ3) is 2.74. The number of phenolic OH excluding ortho intramolecular Hbond substituents is 3. The van der Waals surface area contributed by atoms with Crippen LogP contribution in [0.4, 0.5) is 0 Å². The maximum Gasteiger partial charge on any atom is 0.200 e. The molecule has 0 aliphatic carbocycles. The van der Waals surface area contributed by atoms with Crippen LogP contribution >= 0.6 is 0 Å². The first-order valence-electron chi connectivity index (χ1n) is 6.83. The summed E-state index contributed by atoms with van der Waals surface area (Å²) < 4.78 is 5.31. The lowest BCUT2D eigenvalue weighted by Gasteiger charge is -2.04. The van der Waals surface area contributed by atoms with Gasteiger partial charge in [-0.1, -0.05) is 26.0 Å². The molecule has 3 aromatic rings. The lowest BCUT2D eigenvalue weighted by atomic mass is 10.1. The van der Waals surface area contributed by atoms with E-state index in [4.69, 9.17) is 4.42 Å². The predicted molar refractivity (Wildman–Crippen MR) is 84.3 cm³/mol. The largest absolute Gasteiger partial charge is 0.508 e. The van der Waals surface area contributed by atoms with E-state index in [0.717, 1.165) is 0 Å². The van der Waals surface area contributed by atoms with Crippen LogP contribution in [0.5, 0.6) is 17.2 Å². The Bertz CT molecular complexity index is 847. The molecule has 0 atom stereocenters. The summed E-state index contributed by atoms with van der Waals surface area (Å²) in [7, 11) is 0. The van der Waals surface area contributed by atoms with Crippen LogP contribution in [0.25, 0.3) is 22.1 Å². The molecular formula is C17H16O5. The van der Waals surface area contributed by atoms with Gasteiger partial charge in [0, 0.05) is 6.07 Å². The van der Waals surface area contributed by atoms with Gasteiger partial charge in [-0.25, -0.2) is 0 Å². The lowest BCUT2D eigenvalue weighted by Crippen LogP contribution is -2.04. The van der Waals surface area contributed by atoms with E-state index in [0.29, 0.717) is 11.1 Å². The quantitative estimate of drug-likeness (QED) is 0.597. The van der Waals surface area contributed by atoms with Gasteiger partial charge >= 0.3 is 0 Å². The summed E-state index contributed by atoms with van der Waals surface area (Å²) >= 11 is 0. The van der Waals surface area contributed by atoms with Crippen molar-refractivity contribution in [2.45, 2.75) is 13.8 Å². The molecule has 1 heterocycles. The normalized spacial score (nSPS) is 10.1. The molecule has 3 rings (SSSR count). The van der Waals surface area contributed by atoms with Gasteiger partial charge in [0.2, 0.25) is 5.43 Å². The molecule has 0 saturated heterocycles. The Morgan fingerprint density at radius 2 is 1.50 bits per heavy atom. The highest BCUT2D eigenvalue weighted by molar-refractivity contribution is 5.84. The number of hydrogen-bond acceptors (Lipinski definition) is 5. The van der Waals surface area contributed by atoms with Gasteiger partial charge in [-0.15, -0.1) is 0 Å². The molecule has 5 nitrogen and oxygen atoms in total. The van der Waals surface area contributed by atoms with Crippen LogP contribution in [0, 0.1) is 0 Å². The van der Waals surface area contributed by atoms with Gasteiger partial charge < -0.3 is 19.7 Å². The van der Waals surface area contributed by atoms with Crippen LogP contribution in [0.15, 0.2) is 51.9 Å². The average molecular weight is 300 g/mol. The minimum atomic E-state index is -0.382. The Balaban J connectivity index is 0.000000847. The van der Waals surface area contributed by atoms with Crippen molar-refractivity contribution in [3.8, 4) is 28.4 Å². The molecule has 0 spiro atoms. The van der Waals surface area contributed by atoms with Gasteiger partial charge in [0.15, 0.2) is 11.5 Å². The SMILES string of the molecule is CC.O=c1c(-c2ccc(O)cc2)coc2cc(O)c(O)cc12. The van der Waals surface area contributed by atoms with Crippen molar-refractivity contribution in [3.05, 3.63) is 52.9 Å². The molecule has 2 aromatic carbocycles. The van der Waals surface area contributed by atoms with Gasteiger partial charge in [0.05, 0.1) is 10.9 Å². The minimum Gasteiger partial charge on any atom is -0.508 e. The van der Waals surface area contributed by atoms with E-state index in [2.05, 4.69) is 0 Å². The van der Waals surface area contributed by atoms with E-state index >= 15 is 0 Å². The Morgan fingerprint density at radius 3 is 2.14 bits per heavy atom. The maximum atomic E-state index is 12.4. The second-order valence-electron chi connectivity index (χ2n) is 4.36. The van der Waals surface area contributed by atoms with Crippen molar-refractivity contribution >= 4 is 11.0 Å². The molecule has 0 amide bonds. The summed E-state index contributed by atoms with van der Waals surface area (Å²) in [5.74, 6) is -0.632. The Morgan fingerprint density at radius 1 is 0.909 bits per heavy atom. The molecule has 114 valence electrons. The van der Waals surface area contributed by atoms with E-state index in [1.165, 1.54) is 30.5 Å². The second kappa shape index (κ2) is 6.22. The van der Waals surface area contributed by atoms with Gasteiger partial charge in [-0.05, 0) is 23.8 Å². The lowest BCUT2D eigenvalue weighted by molar-refractivity contribution is 0.403. The van der Waals surface area contributed by atoms with E-state index in [1.807, 2.05) is 13.8 Å². The molecule has 0 saturated carbocycles. The fourth-order valence-corrected chi connectivity index (χ4v) is 1.99. The molecule has 0 aliphatic heterocycles. The Kier molecular flexibility index (Phi) is 4.36. The Labute approximate surface area is 126 Å². The van der Waals surface area contributed by atoms with Crippen molar-refractivity contribution in [3.63, 3.8) is 0 Å². The molecule has 0 aliphatic rings. The molecule has 3 N–H and O–H groups in total. The smallest absolute Gasteiger partial charge is 0.200 e. The van der Waals surface area contributed by atoms with E-state index in [-0.39, 0.29) is 33.6 Å². The van der Waals surface area contributed by atoms with Gasteiger partial charge in [0.25, 0.3) is 0 Å². The van der Waals surface area contributed by atoms with Crippen LogP contribution in [-0.2, 0) is 0 Å². The number of fused-ring (bicyclic) bond motifs is 1. The summed E-state index contributed by atoms with van der Waals surface area (Å²) in [5, 5.41) is 28.3. The first-order valence-corrected chi connectivity index (χ1v) is 6.83. The number of rotatable bonds is 1. The summed E-state index contributed by atoms with van der Waals surface area (Å²) in [4.78, 5) is 12.4. The van der Waals surface area contributed by atoms with Crippen molar-refractivity contribution in [1.29, 1.82) is 0 Å². The minimum absolute atomic E-state index is 0.0986. The molecular weight excluding hydrogens is 284 g/mol. The number of phenols is 3. The zero-order chi connectivity index (χ0) is 16.3. The van der Waals surface area contributed by atoms with Gasteiger partial charge in [0.1, 0.15) is 17.6 Å². The zero-order valence-corrected chi connectivity index (χ0v) is 12.2. The third-order valence-electron chi connectivity index (χ3n) is 3.05. The van der Waals surface area contributed by atoms with Gasteiger partial charge in [-0.2, -0.15) is 0 Å². The van der Waals surface area contributed by atoms with Crippen LogP contribution in [0.3, 0.4) is 0 Å². The highest BCUT2D eigenvalue weighted by Gasteiger charge is 2.12. The highest BCUT2D eigenvalue weighted by atomic mass is 16.3. The molecule has 0 unspecified atom stereocenters. The molecule has 1 aromatic heterocycles. The average Bonchev–Trinajstić information content (AvgIpc) is 2.53. The molecule has 22 heavy (non-hydrogen) atoms. The fourth-order valence-electron chi connectivity index (χ4n) is 1.99. The van der Waals surface area contributed by atoms with Crippen molar-refractivity contribution in [2.24, 2.45) is 0 Å². The molecule has 0 bridgehead atoms. The second-order valence-corrected chi connectivity index (χ2v) is 4.36. The summed E-state index contributed by atoms with van der Waals surface area (Å²) in [6.07, 6.45) is 1.29. The third-order valence-corrected chi connectivity index (χ3v) is 3.05. The topological polar surface area (TPSA) is 90.9 Å². The molecule has 5 heteroatoms. The van der Waals surface area contributed by atoms with E-state index in [1.54, 1.807) is 12.1 Å². The fraction of sp³-hybridized carbons (Fsp3) is 0.118. The predicted octanol–water partition coefficient (Wildman–Crippen LogP) is 3.60. The van der Waals surface area contributed by atoms with Gasteiger partial charge in [-0.3, -0.25) is 4.79 Å². The molecule has 0 fully saturated rings. The summed E-state index contributed by atoms with van der Waals surface area (Å²) in [6.45, 7) is 4.00. The zero-order valence-electron chi connectivity index (χ0n) is 12.2. The van der Waals surface area contributed by atoms with Crippen molar-refractivity contribution < 1.29 is 19.7 Å².